The minimum atomic E-state index is 0.190. The Morgan fingerprint density at radius 1 is 1.24 bits per heavy atom. The topological polar surface area (TPSA) is 36.8 Å². The zero-order chi connectivity index (χ0) is 14.8. The summed E-state index contributed by atoms with van der Waals surface area (Å²) in [6.07, 6.45) is 2.29. The lowest BCUT2D eigenvalue weighted by Crippen LogP contribution is -3.16. The third-order valence-electron chi connectivity index (χ3n) is 4.09. The first-order valence-corrected chi connectivity index (χ1v) is 8.20. The Balaban J connectivity index is 1.49. The Labute approximate surface area is 135 Å². The number of carbonyl (C=O) groups excluding carboxylic acids is 1. The Morgan fingerprint density at radius 3 is 2.57 bits per heavy atom. The fourth-order valence-electron chi connectivity index (χ4n) is 2.67. The number of piperazine rings is 1. The Bertz CT molecular complexity index is 526. The predicted octanol–water partition coefficient (Wildman–Crippen LogP) is 0.977. The molecule has 0 radical (unpaired) electrons. The highest BCUT2D eigenvalue weighted by molar-refractivity contribution is 6.42. The highest BCUT2D eigenvalue weighted by Gasteiger charge is 2.27. The van der Waals surface area contributed by atoms with E-state index in [0.717, 1.165) is 44.7 Å². The van der Waals surface area contributed by atoms with Crippen molar-refractivity contribution in [3.63, 3.8) is 0 Å². The van der Waals surface area contributed by atoms with Crippen molar-refractivity contribution in [3.8, 4) is 0 Å². The number of hydrogen-bond donors (Lipinski definition) is 2. The van der Waals surface area contributed by atoms with E-state index in [-0.39, 0.29) is 5.91 Å². The van der Waals surface area contributed by atoms with Gasteiger partial charge in [-0.2, -0.15) is 0 Å². The van der Waals surface area contributed by atoms with Gasteiger partial charge in [-0.3, -0.25) is 4.79 Å². The summed E-state index contributed by atoms with van der Waals surface area (Å²) in [6.45, 7) is 4.40. The second kappa shape index (κ2) is 6.42. The largest absolute Gasteiger partial charge is 0.360 e. The van der Waals surface area contributed by atoms with E-state index >= 15 is 0 Å². The van der Waals surface area contributed by atoms with Gasteiger partial charge >= 0.3 is 0 Å². The van der Waals surface area contributed by atoms with Crippen LogP contribution in [0.15, 0.2) is 18.2 Å². The summed E-state index contributed by atoms with van der Waals surface area (Å²) in [6, 6.07) is 6.20. The van der Waals surface area contributed by atoms with Crippen molar-refractivity contribution >= 4 is 34.8 Å². The summed E-state index contributed by atoms with van der Waals surface area (Å²) < 4.78 is 0. The number of hydrogen-bond acceptors (Lipinski definition) is 2. The van der Waals surface area contributed by atoms with Crippen molar-refractivity contribution in [2.24, 2.45) is 0 Å². The molecule has 0 aromatic heterocycles. The van der Waals surface area contributed by atoms with Gasteiger partial charge in [-0.25, -0.2) is 0 Å². The van der Waals surface area contributed by atoms with Crippen LogP contribution in [-0.2, 0) is 4.79 Å². The van der Waals surface area contributed by atoms with Gasteiger partial charge in [-0.1, -0.05) is 23.2 Å². The first kappa shape index (κ1) is 14.9. The van der Waals surface area contributed by atoms with Crippen LogP contribution in [0.3, 0.4) is 0 Å². The molecule has 3 rings (SSSR count). The predicted molar refractivity (Wildman–Crippen MR) is 85.4 cm³/mol. The second-order valence-electron chi connectivity index (χ2n) is 5.85. The molecule has 1 aliphatic heterocycles. The average Bonchev–Trinajstić information content (AvgIpc) is 3.26. The molecule has 0 atom stereocenters. The molecule has 2 fully saturated rings. The van der Waals surface area contributed by atoms with Gasteiger partial charge in [-0.05, 0) is 31.0 Å². The Kier molecular flexibility index (Phi) is 4.57. The van der Waals surface area contributed by atoms with Gasteiger partial charge in [0.1, 0.15) is 0 Å². The molecule has 2 N–H and O–H groups in total. The van der Waals surface area contributed by atoms with E-state index in [0.29, 0.717) is 22.6 Å². The lowest BCUT2D eigenvalue weighted by Gasteiger charge is -2.33. The van der Waals surface area contributed by atoms with Crippen LogP contribution in [0.25, 0.3) is 0 Å². The average molecular weight is 329 g/mol. The number of anilines is 1. The van der Waals surface area contributed by atoms with E-state index in [1.807, 2.05) is 18.2 Å². The number of nitrogens with one attached hydrogen (secondary N) is 2. The minimum Gasteiger partial charge on any atom is -0.360 e. The standard InChI is InChI=1S/C15H19Cl2N3O/c16-13-4-3-12(9-14(13)17)20-7-5-19(6-8-20)10-15(21)18-11-1-2-11/h3-4,9,11H,1-2,5-8,10H2,(H,18,21)/p+1. The summed E-state index contributed by atoms with van der Waals surface area (Å²) >= 11 is 12.0. The Morgan fingerprint density at radius 2 is 1.95 bits per heavy atom. The zero-order valence-electron chi connectivity index (χ0n) is 11.9. The molecule has 1 aliphatic carbocycles. The maximum Gasteiger partial charge on any atom is 0.275 e. The molecule has 21 heavy (non-hydrogen) atoms. The van der Waals surface area contributed by atoms with Crippen molar-refractivity contribution in [2.75, 3.05) is 37.6 Å². The van der Waals surface area contributed by atoms with E-state index in [4.69, 9.17) is 23.2 Å². The second-order valence-corrected chi connectivity index (χ2v) is 6.67. The van der Waals surface area contributed by atoms with Crippen LogP contribution < -0.4 is 15.1 Å². The van der Waals surface area contributed by atoms with Crippen LogP contribution >= 0.6 is 23.2 Å². The number of nitrogens with zero attached hydrogens (tertiary/aromatic N) is 1. The Hall–Kier alpha value is -0.970. The summed E-state index contributed by atoms with van der Waals surface area (Å²) in [5, 5.41) is 4.23. The van der Waals surface area contributed by atoms with Gasteiger partial charge in [-0.15, -0.1) is 0 Å². The molecule has 6 heteroatoms. The van der Waals surface area contributed by atoms with Crippen molar-refractivity contribution in [3.05, 3.63) is 28.2 Å². The molecule has 0 unspecified atom stereocenters. The van der Waals surface area contributed by atoms with Gasteiger partial charge < -0.3 is 15.1 Å². The maximum absolute atomic E-state index is 11.8. The van der Waals surface area contributed by atoms with E-state index in [1.165, 1.54) is 4.90 Å². The molecule has 1 heterocycles. The quantitative estimate of drug-likeness (QED) is 0.864. The number of carbonyl (C=O) groups is 1. The number of rotatable bonds is 4. The number of quaternary nitrogens is 1. The molecule has 1 aromatic rings. The van der Waals surface area contributed by atoms with Crippen LogP contribution in [0, 0.1) is 0 Å². The van der Waals surface area contributed by atoms with Crippen molar-refractivity contribution in [1.29, 1.82) is 0 Å². The molecule has 1 amide bonds. The van der Waals surface area contributed by atoms with Crippen molar-refractivity contribution < 1.29 is 9.69 Å². The summed E-state index contributed by atoms with van der Waals surface area (Å²) in [4.78, 5) is 15.5. The van der Waals surface area contributed by atoms with Crippen LogP contribution in [-0.4, -0.2) is 44.7 Å². The van der Waals surface area contributed by atoms with E-state index in [9.17, 15) is 4.79 Å². The maximum atomic E-state index is 11.8. The molecule has 1 saturated carbocycles. The van der Waals surface area contributed by atoms with E-state index < -0.39 is 0 Å². The third-order valence-corrected chi connectivity index (χ3v) is 4.83. The lowest BCUT2D eigenvalue weighted by molar-refractivity contribution is -0.892. The van der Waals surface area contributed by atoms with Crippen molar-refractivity contribution in [1.82, 2.24) is 5.32 Å². The monoisotopic (exact) mass is 328 g/mol. The fourth-order valence-corrected chi connectivity index (χ4v) is 2.97. The molecule has 1 aromatic carbocycles. The first-order valence-electron chi connectivity index (χ1n) is 7.45. The minimum absolute atomic E-state index is 0.190. The van der Waals surface area contributed by atoms with Crippen LogP contribution in [0.5, 0.6) is 0 Å². The first-order chi connectivity index (χ1) is 10.1. The summed E-state index contributed by atoms with van der Waals surface area (Å²) in [7, 11) is 0. The van der Waals surface area contributed by atoms with Crippen LogP contribution in [0.2, 0.25) is 10.0 Å². The summed E-state index contributed by atoms with van der Waals surface area (Å²) in [5.41, 5.74) is 1.10. The highest BCUT2D eigenvalue weighted by atomic mass is 35.5. The van der Waals surface area contributed by atoms with Crippen LogP contribution in [0.1, 0.15) is 12.8 Å². The van der Waals surface area contributed by atoms with Crippen LogP contribution in [0.4, 0.5) is 5.69 Å². The molecule has 0 spiro atoms. The molecule has 114 valence electrons. The van der Waals surface area contributed by atoms with Gasteiger partial charge in [0.2, 0.25) is 0 Å². The van der Waals surface area contributed by atoms with Gasteiger partial charge in [0, 0.05) is 11.7 Å². The molecule has 2 aliphatic rings. The summed E-state index contributed by atoms with van der Waals surface area (Å²) in [5.74, 6) is 0.190. The molecular weight excluding hydrogens is 309 g/mol. The molecule has 1 saturated heterocycles. The van der Waals surface area contributed by atoms with Gasteiger partial charge in [0.05, 0.1) is 36.2 Å². The fraction of sp³-hybridized carbons (Fsp3) is 0.533. The number of benzene rings is 1. The van der Waals surface area contributed by atoms with Crippen molar-refractivity contribution in [2.45, 2.75) is 18.9 Å². The highest BCUT2D eigenvalue weighted by Crippen LogP contribution is 2.27. The molecule has 0 bridgehead atoms. The van der Waals surface area contributed by atoms with Gasteiger partial charge in [0.25, 0.3) is 5.91 Å². The molecular formula is C15H20Cl2N3O+. The smallest absolute Gasteiger partial charge is 0.275 e. The zero-order valence-corrected chi connectivity index (χ0v) is 13.4. The molecule has 4 nitrogen and oxygen atoms in total. The van der Waals surface area contributed by atoms with E-state index in [1.54, 1.807) is 0 Å². The number of halogens is 2. The number of amides is 1. The van der Waals surface area contributed by atoms with E-state index in [2.05, 4.69) is 10.2 Å². The van der Waals surface area contributed by atoms with Gasteiger partial charge in [0.15, 0.2) is 6.54 Å². The third kappa shape index (κ3) is 4.02. The SMILES string of the molecule is O=C(C[NH+]1CCN(c2ccc(Cl)c(Cl)c2)CC1)NC1CC1. The normalized spacial score (nSPS) is 19.6. The lowest BCUT2D eigenvalue weighted by atomic mass is 10.2.